The number of nitrogens with one attached hydrogen (secondary N) is 1. The van der Waals surface area contributed by atoms with E-state index in [1.807, 2.05) is 37.3 Å². The molecule has 0 heterocycles. The molecule has 0 radical (unpaired) electrons. The monoisotopic (exact) mass is 272 g/mol. The van der Waals surface area contributed by atoms with Crippen LogP contribution in [0.4, 0.5) is 11.4 Å². The van der Waals surface area contributed by atoms with Crippen LogP contribution in [0.15, 0.2) is 42.5 Å². The van der Waals surface area contributed by atoms with Crippen molar-refractivity contribution >= 4 is 11.4 Å². The van der Waals surface area contributed by atoms with Gasteiger partial charge in [0.2, 0.25) is 0 Å². The summed E-state index contributed by atoms with van der Waals surface area (Å²) in [5, 5.41) is 23.2. The number of nitro groups is 1. The molecule has 2 aromatic rings. The van der Waals surface area contributed by atoms with Crippen molar-refractivity contribution in [3.05, 3.63) is 69.3 Å². The molecule has 5 heteroatoms. The number of hydrogen-bond donors (Lipinski definition) is 2. The number of rotatable bonds is 5. The van der Waals surface area contributed by atoms with Gasteiger partial charge in [-0.1, -0.05) is 30.3 Å². The van der Waals surface area contributed by atoms with Crippen LogP contribution in [-0.4, -0.2) is 10.0 Å². The van der Waals surface area contributed by atoms with E-state index < -0.39 is 0 Å². The Morgan fingerprint density at radius 1 is 1.20 bits per heavy atom. The zero-order valence-corrected chi connectivity index (χ0v) is 11.2. The van der Waals surface area contributed by atoms with Gasteiger partial charge in [-0.3, -0.25) is 10.1 Å². The molecule has 2 aromatic carbocycles. The van der Waals surface area contributed by atoms with Crippen molar-refractivity contribution in [3.8, 4) is 0 Å². The topological polar surface area (TPSA) is 75.4 Å². The van der Waals surface area contributed by atoms with Crippen LogP contribution in [0, 0.1) is 17.0 Å². The molecule has 20 heavy (non-hydrogen) atoms. The van der Waals surface area contributed by atoms with E-state index in [4.69, 9.17) is 5.11 Å². The molecule has 2 rings (SSSR count). The summed E-state index contributed by atoms with van der Waals surface area (Å²) in [5.41, 5.74) is 3.21. The highest BCUT2D eigenvalue weighted by Gasteiger charge is 2.13. The quantitative estimate of drug-likeness (QED) is 0.648. The fraction of sp³-hybridized carbons (Fsp3) is 0.200. The minimum atomic E-state index is -0.389. The summed E-state index contributed by atoms with van der Waals surface area (Å²) in [5.74, 6) is 0. The number of hydrogen-bond acceptors (Lipinski definition) is 4. The number of nitro benzene ring substituents is 1. The first-order valence-corrected chi connectivity index (χ1v) is 6.28. The summed E-state index contributed by atoms with van der Waals surface area (Å²) >= 11 is 0. The van der Waals surface area contributed by atoms with E-state index in [1.165, 1.54) is 0 Å². The summed E-state index contributed by atoms with van der Waals surface area (Å²) < 4.78 is 0. The predicted octanol–water partition coefficient (Wildman–Crippen LogP) is 3.01. The standard InChI is InChI=1S/C15H16N2O3/c1-11-5-6-14(15(7-11)17(19)20)16-9-12-3-2-4-13(8-12)10-18/h2-8,16,18H,9-10H2,1H3. The third-order valence-corrected chi connectivity index (χ3v) is 3.01. The van der Waals surface area contributed by atoms with E-state index in [1.54, 1.807) is 12.1 Å². The molecule has 0 fully saturated rings. The molecule has 0 aliphatic rings. The van der Waals surface area contributed by atoms with Gasteiger partial charge in [0, 0.05) is 12.6 Å². The fourth-order valence-electron chi connectivity index (χ4n) is 1.98. The van der Waals surface area contributed by atoms with Crippen LogP contribution in [0.25, 0.3) is 0 Å². The summed E-state index contributed by atoms with van der Waals surface area (Å²) in [6, 6.07) is 12.6. The molecule has 2 N–H and O–H groups in total. The van der Waals surface area contributed by atoms with Gasteiger partial charge in [0.1, 0.15) is 5.69 Å². The normalized spacial score (nSPS) is 10.3. The number of aryl methyl sites for hydroxylation is 1. The van der Waals surface area contributed by atoms with Gasteiger partial charge in [0.15, 0.2) is 0 Å². The molecule has 0 aliphatic carbocycles. The van der Waals surface area contributed by atoms with Crippen molar-refractivity contribution in [1.29, 1.82) is 0 Å². The van der Waals surface area contributed by atoms with Crippen molar-refractivity contribution in [1.82, 2.24) is 0 Å². The third-order valence-electron chi connectivity index (χ3n) is 3.01. The molecular weight excluding hydrogens is 256 g/mol. The lowest BCUT2D eigenvalue weighted by molar-refractivity contribution is -0.384. The van der Waals surface area contributed by atoms with Crippen LogP contribution in [-0.2, 0) is 13.2 Å². The largest absolute Gasteiger partial charge is 0.392 e. The van der Waals surface area contributed by atoms with Gasteiger partial charge in [-0.25, -0.2) is 0 Å². The number of benzene rings is 2. The van der Waals surface area contributed by atoms with E-state index in [-0.39, 0.29) is 17.2 Å². The van der Waals surface area contributed by atoms with E-state index in [9.17, 15) is 10.1 Å². The van der Waals surface area contributed by atoms with E-state index in [2.05, 4.69) is 5.32 Å². The first-order valence-electron chi connectivity index (χ1n) is 6.28. The average molecular weight is 272 g/mol. The Hall–Kier alpha value is -2.40. The van der Waals surface area contributed by atoms with Crippen molar-refractivity contribution in [2.24, 2.45) is 0 Å². The highest BCUT2D eigenvalue weighted by Crippen LogP contribution is 2.25. The van der Waals surface area contributed by atoms with Crippen LogP contribution < -0.4 is 5.32 Å². The Morgan fingerprint density at radius 3 is 2.65 bits per heavy atom. The van der Waals surface area contributed by atoms with E-state index >= 15 is 0 Å². The maximum Gasteiger partial charge on any atom is 0.292 e. The van der Waals surface area contributed by atoms with Crippen LogP contribution >= 0.6 is 0 Å². The predicted molar refractivity (Wildman–Crippen MR) is 77.5 cm³/mol. The second-order valence-electron chi connectivity index (χ2n) is 4.61. The van der Waals surface area contributed by atoms with Gasteiger partial charge in [-0.15, -0.1) is 0 Å². The molecule has 0 spiro atoms. The zero-order chi connectivity index (χ0) is 14.5. The van der Waals surface area contributed by atoms with Crippen molar-refractivity contribution in [2.45, 2.75) is 20.1 Å². The SMILES string of the molecule is Cc1ccc(NCc2cccc(CO)c2)c([N+](=O)[O-])c1. The maximum atomic E-state index is 11.0. The van der Waals surface area contributed by atoms with Gasteiger partial charge in [0.25, 0.3) is 5.69 Å². The van der Waals surface area contributed by atoms with Crippen molar-refractivity contribution in [2.75, 3.05) is 5.32 Å². The van der Waals surface area contributed by atoms with Crippen molar-refractivity contribution < 1.29 is 10.0 Å². The lowest BCUT2D eigenvalue weighted by Crippen LogP contribution is -2.03. The van der Waals surface area contributed by atoms with E-state index in [0.717, 1.165) is 16.7 Å². The fourth-order valence-corrected chi connectivity index (χ4v) is 1.98. The molecule has 0 unspecified atom stereocenters. The molecule has 0 atom stereocenters. The summed E-state index contributed by atoms with van der Waals surface area (Å²) in [6.07, 6.45) is 0. The first kappa shape index (κ1) is 14.0. The zero-order valence-electron chi connectivity index (χ0n) is 11.2. The molecule has 0 aromatic heterocycles. The molecule has 0 saturated carbocycles. The minimum absolute atomic E-state index is 0.0154. The Morgan fingerprint density at radius 2 is 1.95 bits per heavy atom. The Kier molecular flexibility index (Phi) is 4.32. The molecule has 0 bridgehead atoms. The molecule has 0 amide bonds. The van der Waals surface area contributed by atoms with Gasteiger partial charge in [0.05, 0.1) is 11.5 Å². The van der Waals surface area contributed by atoms with Gasteiger partial charge in [-0.2, -0.15) is 0 Å². The maximum absolute atomic E-state index is 11.0. The van der Waals surface area contributed by atoms with Crippen molar-refractivity contribution in [3.63, 3.8) is 0 Å². The summed E-state index contributed by atoms with van der Waals surface area (Å²) in [6.45, 7) is 2.28. The van der Waals surface area contributed by atoms with Crippen LogP contribution in [0.3, 0.4) is 0 Å². The highest BCUT2D eigenvalue weighted by molar-refractivity contribution is 5.62. The Bertz CT molecular complexity index is 626. The average Bonchev–Trinajstić information content (AvgIpc) is 2.46. The van der Waals surface area contributed by atoms with Gasteiger partial charge < -0.3 is 10.4 Å². The van der Waals surface area contributed by atoms with Gasteiger partial charge in [-0.05, 0) is 29.7 Å². The third kappa shape index (κ3) is 3.33. The Balaban J connectivity index is 2.16. The van der Waals surface area contributed by atoms with Crippen LogP contribution in [0.2, 0.25) is 0 Å². The summed E-state index contributed by atoms with van der Waals surface area (Å²) in [7, 11) is 0. The lowest BCUT2D eigenvalue weighted by atomic mass is 10.1. The summed E-state index contributed by atoms with van der Waals surface area (Å²) in [4.78, 5) is 10.6. The van der Waals surface area contributed by atoms with E-state index in [0.29, 0.717) is 12.2 Å². The molecule has 0 aliphatic heterocycles. The molecular formula is C15H16N2O3. The number of aliphatic hydroxyl groups is 1. The minimum Gasteiger partial charge on any atom is -0.392 e. The molecule has 104 valence electrons. The van der Waals surface area contributed by atoms with Crippen LogP contribution in [0.5, 0.6) is 0 Å². The van der Waals surface area contributed by atoms with Crippen LogP contribution in [0.1, 0.15) is 16.7 Å². The smallest absolute Gasteiger partial charge is 0.292 e. The highest BCUT2D eigenvalue weighted by atomic mass is 16.6. The lowest BCUT2D eigenvalue weighted by Gasteiger charge is -2.08. The number of aliphatic hydroxyl groups excluding tert-OH is 1. The Labute approximate surface area is 117 Å². The number of nitrogens with zero attached hydrogens (tertiary/aromatic N) is 1. The first-order chi connectivity index (χ1) is 9.60. The molecule has 0 saturated heterocycles. The van der Waals surface area contributed by atoms with Gasteiger partial charge >= 0.3 is 0 Å². The second kappa shape index (κ2) is 6.16. The number of anilines is 1. The second-order valence-corrected chi connectivity index (χ2v) is 4.61. The molecule has 5 nitrogen and oxygen atoms in total.